The Morgan fingerprint density at radius 3 is 2.38 bits per heavy atom. The maximum atomic E-state index is 11.5. The second-order valence-electron chi connectivity index (χ2n) is 3.13. The Balaban J connectivity index is 2.02. The molecule has 0 heterocycles. The molecule has 0 atom stereocenters. The summed E-state index contributed by atoms with van der Waals surface area (Å²) in [6, 6.07) is 0. The van der Waals surface area contributed by atoms with Crippen LogP contribution in [0.15, 0.2) is 0 Å². The summed E-state index contributed by atoms with van der Waals surface area (Å²) in [5, 5.41) is 2.94. The summed E-state index contributed by atoms with van der Waals surface area (Å²) in [6.07, 6.45) is -2.66. The molecule has 1 aliphatic rings. The monoisotopic (exact) mass is 217 g/mol. The highest BCUT2D eigenvalue weighted by Gasteiger charge is 2.41. The lowest BCUT2D eigenvalue weighted by Crippen LogP contribution is -2.36. The Morgan fingerprint density at radius 2 is 2.00 bits per heavy atom. The molecule has 1 N–H and O–H groups in total. The third-order valence-electron chi connectivity index (χ3n) is 1.98. The molecule has 0 aromatic heterocycles. The highest BCUT2D eigenvalue weighted by atomic mass is 35.5. The van der Waals surface area contributed by atoms with Gasteiger partial charge in [-0.3, -0.25) is 4.74 Å². The van der Waals surface area contributed by atoms with E-state index < -0.39 is 6.36 Å². The first-order valence-electron chi connectivity index (χ1n) is 3.99. The third kappa shape index (κ3) is 4.15. The molecule has 2 nitrogen and oxygen atoms in total. The Hall–Kier alpha value is 0. The van der Waals surface area contributed by atoms with E-state index in [9.17, 15) is 13.2 Å². The van der Waals surface area contributed by atoms with Crippen molar-refractivity contribution in [3.05, 3.63) is 0 Å². The zero-order chi connectivity index (χ0) is 9.95. The van der Waals surface area contributed by atoms with Gasteiger partial charge in [0.2, 0.25) is 0 Å². The van der Waals surface area contributed by atoms with Gasteiger partial charge in [0.25, 0.3) is 0 Å². The van der Waals surface area contributed by atoms with Crippen LogP contribution in [0.1, 0.15) is 12.8 Å². The summed E-state index contributed by atoms with van der Waals surface area (Å²) >= 11 is 5.60. The van der Waals surface area contributed by atoms with Crippen LogP contribution >= 0.6 is 11.6 Å². The molecule has 0 saturated heterocycles. The third-order valence-corrected chi connectivity index (χ3v) is 2.49. The second-order valence-corrected chi connectivity index (χ2v) is 3.40. The van der Waals surface area contributed by atoms with Crippen molar-refractivity contribution in [1.82, 2.24) is 5.32 Å². The number of hydrogen-bond acceptors (Lipinski definition) is 2. The Labute approximate surface area is 79.4 Å². The predicted octanol–water partition coefficient (Wildman–Crippen LogP) is 1.88. The molecule has 0 aromatic carbocycles. The molecule has 0 aliphatic heterocycles. The summed E-state index contributed by atoms with van der Waals surface area (Å²) < 4.78 is 38.1. The molecule has 1 rings (SSSR count). The van der Waals surface area contributed by atoms with Crippen molar-refractivity contribution < 1.29 is 17.9 Å². The number of rotatable bonds is 5. The summed E-state index contributed by atoms with van der Waals surface area (Å²) in [5.74, 6) is 0.443. The molecule has 0 amide bonds. The molecule has 6 heteroatoms. The zero-order valence-corrected chi connectivity index (χ0v) is 7.71. The molecule has 1 saturated carbocycles. The number of nitrogens with one attached hydrogen (secondary N) is 1. The average Bonchev–Trinajstić information content (AvgIpc) is 2.78. The standard InChI is InChI=1S/C7H11ClF3NO/c8-5-6(1-2-6)12-3-4-13-7(9,10)11/h12H,1-5H2. The van der Waals surface area contributed by atoms with Crippen LogP contribution < -0.4 is 5.32 Å². The van der Waals surface area contributed by atoms with Gasteiger partial charge in [-0.1, -0.05) is 0 Å². The van der Waals surface area contributed by atoms with Crippen molar-refractivity contribution in [2.24, 2.45) is 0 Å². The van der Waals surface area contributed by atoms with Crippen molar-refractivity contribution in [3.8, 4) is 0 Å². The van der Waals surface area contributed by atoms with E-state index in [0.29, 0.717) is 5.88 Å². The van der Waals surface area contributed by atoms with E-state index in [1.165, 1.54) is 0 Å². The molecule has 1 fully saturated rings. The Morgan fingerprint density at radius 1 is 1.38 bits per heavy atom. The normalized spacial score (nSPS) is 20.3. The zero-order valence-electron chi connectivity index (χ0n) is 6.96. The molecule has 0 spiro atoms. The molecule has 13 heavy (non-hydrogen) atoms. The van der Waals surface area contributed by atoms with Gasteiger partial charge in [0.15, 0.2) is 0 Å². The first-order chi connectivity index (χ1) is 5.97. The van der Waals surface area contributed by atoms with E-state index in [1.54, 1.807) is 0 Å². The van der Waals surface area contributed by atoms with Crippen LogP contribution in [-0.4, -0.2) is 30.9 Å². The van der Waals surface area contributed by atoms with Gasteiger partial charge in [-0.15, -0.1) is 24.8 Å². The SMILES string of the molecule is FC(F)(F)OCCNC1(CCl)CC1. The van der Waals surface area contributed by atoms with E-state index >= 15 is 0 Å². The van der Waals surface area contributed by atoms with Crippen molar-refractivity contribution >= 4 is 11.6 Å². The van der Waals surface area contributed by atoms with Gasteiger partial charge in [0.05, 0.1) is 6.61 Å². The topological polar surface area (TPSA) is 21.3 Å². The van der Waals surface area contributed by atoms with Crippen LogP contribution in [0.5, 0.6) is 0 Å². The van der Waals surface area contributed by atoms with E-state index in [2.05, 4.69) is 10.1 Å². The molecule has 1 aliphatic carbocycles. The van der Waals surface area contributed by atoms with Crippen LogP contribution in [0.3, 0.4) is 0 Å². The predicted molar refractivity (Wildman–Crippen MR) is 42.7 cm³/mol. The number of alkyl halides is 4. The van der Waals surface area contributed by atoms with Gasteiger partial charge in [-0.25, -0.2) is 0 Å². The minimum Gasteiger partial charge on any atom is -0.308 e. The average molecular weight is 218 g/mol. The molecule has 0 unspecified atom stereocenters. The molecule has 78 valence electrons. The first-order valence-corrected chi connectivity index (χ1v) is 4.53. The van der Waals surface area contributed by atoms with Crippen LogP contribution in [0.25, 0.3) is 0 Å². The van der Waals surface area contributed by atoms with Crippen LogP contribution in [0, 0.1) is 0 Å². The molecule has 0 bridgehead atoms. The van der Waals surface area contributed by atoms with Crippen LogP contribution in [-0.2, 0) is 4.74 Å². The minimum absolute atomic E-state index is 0.115. The number of halogens is 4. The lowest BCUT2D eigenvalue weighted by atomic mass is 10.3. The molecular formula is C7H11ClF3NO. The first kappa shape index (κ1) is 11.1. The quantitative estimate of drug-likeness (QED) is 0.561. The Kier molecular flexibility index (Phi) is 3.43. The number of ether oxygens (including phenoxy) is 1. The molecule has 0 aromatic rings. The Bertz CT molecular complexity index is 170. The fraction of sp³-hybridized carbons (Fsp3) is 1.00. The minimum atomic E-state index is -4.53. The van der Waals surface area contributed by atoms with E-state index in [1.807, 2.05) is 0 Å². The van der Waals surface area contributed by atoms with Crippen LogP contribution in [0.2, 0.25) is 0 Å². The van der Waals surface area contributed by atoms with Gasteiger partial charge in [-0.2, -0.15) is 0 Å². The second kappa shape index (κ2) is 4.02. The van der Waals surface area contributed by atoms with Gasteiger partial charge < -0.3 is 5.32 Å². The highest BCUT2D eigenvalue weighted by Crippen LogP contribution is 2.36. The lowest BCUT2D eigenvalue weighted by molar-refractivity contribution is -0.323. The summed E-state index contributed by atoms with van der Waals surface area (Å²) in [7, 11) is 0. The smallest absolute Gasteiger partial charge is 0.308 e. The van der Waals surface area contributed by atoms with Gasteiger partial charge in [0.1, 0.15) is 0 Å². The lowest BCUT2D eigenvalue weighted by Gasteiger charge is -2.14. The van der Waals surface area contributed by atoms with Gasteiger partial charge in [0, 0.05) is 18.0 Å². The summed E-state index contributed by atoms with van der Waals surface area (Å²) in [5.41, 5.74) is -0.115. The largest absolute Gasteiger partial charge is 0.522 e. The highest BCUT2D eigenvalue weighted by molar-refractivity contribution is 6.18. The number of hydrogen-bond donors (Lipinski definition) is 1. The fourth-order valence-electron chi connectivity index (χ4n) is 0.991. The summed E-state index contributed by atoms with van der Waals surface area (Å²) in [4.78, 5) is 0. The molecule has 0 radical (unpaired) electrons. The fourth-order valence-corrected chi connectivity index (χ4v) is 1.35. The maximum Gasteiger partial charge on any atom is 0.522 e. The van der Waals surface area contributed by atoms with E-state index in [-0.39, 0.29) is 18.7 Å². The van der Waals surface area contributed by atoms with Gasteiger partial charge >= 0.3 is 6.36 Å². The maximum absolute atomic E-state index is 11.5. The van der Waals surface area contributed by atoms with Crippen molar-refractivity contribution in [3.63, 3.8) is 0 Å². The summed E-state index contributed by atoms with van der Waals surface area (Å²) in [6.45, 7) is -0.172. The van der Waals surface area contributed by atoms with Crippen molar-refractivity contribution in [2.45, 2.75) is 24.7 Å². The van der Waals surface area contributed by atoms with E-state index in [0.717, 1.165) is 12.8 Å². The van der Waals surface area contributed by atoms with Gasteiger partial charge in [-0.05, 0) is 12.8 Å². The van der Waals surface area contributed by atoms with Crippen molar-refractivity contribution in [2.75, 3.05) is 19.0 Å². The van der Waals surface area contributed by atoms with Crippen molar-refractivity contribution in [1.29, 1.82) is 0 Å². The van der Waals surface area contributed by atoms with Crippen LogP contribution in [0.4, 0.5) is 13.2 Å². The molecular weight excluding hydrogens is 207 g/mol. The van der Waals surface area contributed by atoms with E-state index in [4.69, 9.17) is 11.6 Å².